The average Bonchev–Trinajstić information content (AvgIpc) is 2.99. The Labute approximate surface area is 178 Å². The van der Waals surface area contributed by atoms with Crippen LogP contribution in [-0.2, 0) is 10.9 Å². The van der Waals surface area contributed by atoms with Gasteiger partial charge in [-0.25, -0.2) is 9.78 Å². The van der Waals surface area contributed by atoms with Gasteiger partial charge in [0, 0.05) is 35.5 Å². The summed E-state index contributed by atoms with van der Waals surface area (Å²) in [7, 11) is 0. The molecule has 1 aromatic heterocycles. The number of hydrogen-bond acceptors (Lipinski definition) is 6. The van der Waals surface area contributed by atoms with Crippen molar-refractivity contribution in [3.63, 3.8) is 0 Å². The zero-order chi connectivity index (χ0) is 22.5. The molecule has 4 rings (SSSR count). The van der Waals surface area contributed by atoms with Gasteiger partial charge in [-0.15, -0.1) is 0 Å². The van der Waals surface area contributed by atoms with Crippen LogP contribution < -0.4 is 11.1 Å². The summed E-state index contributed by atoms with van der Waals surface area (Å²) in [6, 6.07) is 1.16. The van der Waals surface area contributed by atoms with Crippen LogP contribution in [0.1, 0.15) is 37.8 Å². The van der Waals surface area contributed by atoms with Gasteiger partial charge >= 0.3 is 12.3 Å². The molecule has 1 amide bonds. The highest BCUT2D eigenvalue weighted by Gasteiger charge is 2.59. The number of ether oxygens (including phenoxy) is 1. The zero-order valence-corrected chi connectivity index (χ0v) is 17.4. The maximum atomic E-state index is 13.2. The van der Waals surface area contributed by atoms with Crippen LogP contribution >= 0.6 is 0 Å². The molecule has 4 N–H and O–H groups in total. The molecule has 2 saturated carbocycles. The topological polar surface area (TPSA) is 104 Å². The van der Waals surface area contributed by atoms with Gasteiger partial charge in [-0.05, 0) is 50.7 Å². The molecular formula is C21H26F3N5O2. The molecule has 10 heteroatoms. The monoisotopic (exact) mass is 437 g/mol. The number of anilines is 1. The Morgan fingerprint density at radius 2 is 2.06 bits per heavy atom. The highest BCUT2D eigenvalue weighted by atomic mass is 19.4. The van der Waals surface area contributed by atoms with Crippen LogP contribution in [0.4, 0.5) is 23.8 Å². The van der Waals surface area contributed by atoms with E-state index in [1.807, 2.05) is 13.8 Å². The second kappa shape index (κ2) is 7.72. The van der Waals surface area contributed by atoms with Crippen LogP contribution in [0.2, 0.25) is 0 Å². The maximum Gasteiger partial charge on any atom is 0.419 e. The van der Waals surface area contributed by atoms with Crippen LogP contribution in [0.25, 0.3) is 0 Å². The van der Waals surface area contributed by atoms with E-state index < -0.39 is 17.6 Å². The molecule has 0 bridgehead atoms. The number of hydrogen-bond donors (Lipinski definition) is 3. The van der Waals surface area contributed by atoms with Gasteiger partial charge in [0.1, 0.15) is 12.4 Å². The first kappa shape index (κ1) is 21.5. The van der Waals surface area contributed by atoms with Gasteiger partial charge in [-0.2, -0.15) is 13.2 Å². The maximum absolute atomic E-state index is 13.2. The van der Waals surface area contributed by atoms with E-state index in [2.05, 4.69) is 10.3 Å². The smallest absolute Gasteiger partial charge is 0.419 e. The lowest BCUT2D eigenvalue weighted by atomic mass is 10.0. The summed E-state index contributed by atoms with van der Waals surface area (Å²) in [6.07, 6.45) is -0.339. The number of nitrogens with two attached hydrogens (primary N) is 1. The number of amides is 1. The molecule has 3 fully saturated rings. The number of nitrogen functional groups attached to an aromatic ring is 1. The van der Waals surface area contributed by atoms with E-state index in [1.54, 1.807) is 11.0 Å². The average molecular weight is 437 g/mol. The number of alkyl halides is 3. The molecule has 0 aromatic carbocycles. The second-order valence-corrected chi connectivity index (χ2v) is 8.75. The number of carbonyl (C=O) groups is 1. The summed E-state index contributed by atoms with van der Waals surface area (Å²) in [5.74, 6) is 0.385. The third-order valence-electron chi connectivity index (χ3n) is 6.30. The van der Waals surface area contributed by atoms with Crippen molar-refractivity contribution in [2.24, 2.45) is 17.8 Å². The van der Waals surface area contributed by atoms with E-state index in [0.29, 0.717) is 25.0 Å². The quantitative estimate of drug-likeness (QED) is 0.592. The number of carbonyl (C=O) groups excluding carboxylic acids is 1. The second-order valence-electron chi connectivity index (χ2n) is 8.75. The predicted molar refractivity (Wildman–Crippen MR) is 108 cm³/mol. The Bertz CT molecular complexity index is 918. The van der Waals surface area contributed by atoms with Gasteiger partial charge in [0.2, 0.25) is 0 Å². The van der Waals surface area contributed by atoms with Gasteiger partial charge in [0.25, 0.3) is 0 Å². The molecule has 31 heavy (non-hydrogen) atoms. The highest BCUT2D eigenvalue weighted by Crippen LogP contribution is 2.61. The van der Waals surface area contributed by atoms with Crippen molar-refractivity contribution in [3.05, 3.63) is 35.2 Å². The van der Waals surface area contributed by atoms with Crippen molar-refractivity contribution >= 4 is 17.6 Å². The number of halogens is 3. The molecule has 3 aliphatic rings. The number of aromatic nitrogens is 1. The molecule has 0 spiro atoms. The van der Waals surface area contributed by atoms with E-state index in [-0.39, 0.29) is 35.4 Å². The minimum absolute atomic E-state index is 0.0502. The van der Waals surface area contributed by atoms with Crippen LogP contribution in [0.5, 0.6) is 0 Å². The molecule has 1 saturated heterocycles. The third-order valence-corrected chi connectivity index (χ3v) is 6.30. The Morgan fingerprint density at radius 3 is 2.61 bits per heavy atom. The van der Waals surface area contributed by atoms with Crippen molar-refractivity contribution in [1.29, 1.82) is 5.41 Å². The van der Waals surface area contributed by atoms with Crippen LogP contribution in [0.3, 0.4) is 0 Å². The van der Waals surface area contributed by atoms with E-state index in [4.69, 9.17) is 15.9 Å². The molecule has 2 heterocycles. The SMILES string of the molecule is CC(C)N/C(=C\C(=N)c1cnc(N)c(C(F)(F)F)c1)[C@H]1[C@@H]2C[C@H](N3CCOC3=O)C[C@@H]21. The van der Waals surface area contributed by atoms with Gasteiger partial charge in [-0.1, -0.05) is 0 Å². The normalized spacial score (nSPS) is 28.0. The standard InChI is InChI=1S/C21H26F3N5O2/c1-10(2)28-17(8-16(25)11-5-15(21(22,23)24)19(26)27-9-11)18-13-6-12(7-14(13)18)29-3-4-31-20(29)30/h5,8-10,12-14,18,25,28H,3-4,6-7H2,1-2H3,(H2,26,27)/b17-8-,25-16?/t12-,13+,14-,18-. The summed E-state index contributed by atoms with van der Waals surface area (Å²) in [6.45, 7) is 5.01. The molecule has 4 atom stereocenters. The van der Waals surface area contributed by atoms with Crippen LogP contribution in [0, 0.1) is 23.2 Å². The molecule has 2 aliphatic carbocycles. The molecule has 0 radical (unpaired) electrons. The molecule has 168 valence electrons. The molecule has 7 nitrogen and oxygen atoms in total. The highest BCUT2D eigenvalue weighted by molar-refractivity contribution is 6.07. The lowest BCUT2D eigenvalue weighted by molar-refractivity contribution is -0.137. The van der Waals surface area contributed by atoms with E-state index in [1.165, 1.54) is 6.20 Å². The number of nitrogens with one attached hydrogen (secondary N) is 2. The van der Waals surface area contributed by atoms with Gasteiger partial charge in [0.05, 0.1) is 17.8 Å². The number of cyclic esters (lactones) is 1. The molecule has 0 unspecified atom stereocenters. The predicted octanol–water partition coefficient (Wildman–Crippen LogP) is 3.41. The summed E-state index contributed by atoms with van der Waals surface area (Å²) in [5.41, 5.74) is 5.20. The zero-order valence-electron chi connectivity index (χ0n) is 17.4. The fraction of sp³-hybridized carbons (Fsp3) is 0.571. The largest absolute Gasteiger partial charge is 0.448 e. The Kier molecular flexibility index (Phi) is 5.35. The van der Waals surface area contributed by atoms with Gasteiger partial charge in [-0.3, -0.25) is 0 Å². The lowest BCUT2D eigenvalue weighted by Gasteiger charge is -2.25. The Balaban J connectivity index is 1.51. The summed E-state index contributed by atoms with van der Waals surface area (Å²) >= 11 is 0. The van der Waals surface area contributed by atoms with Crippen molar-refractivity contribution in [3.8, 4) is 0 Å². The van der Waals surface area contributed by atoms with Crippen molar-refractivity contribution in [1.82, 2.24) is 15.2 Å². The minimum Gasteiger partial charge on any atom is -0.448 e. The summed E-state index contributed by atoms with van der Waals surface area (Å²) < 4.78 is 44.5. The van der Waals surface area contributed by atoms with Crippen LogP contribution in [0.15, 0.2) is 24.0 Å². The lowest BCUT2D eigenvalue weighted by Crippen LogP contribution is -2.36. The van der Waals surface area contributed by atoms with Crippen LogP contribution in [-0.4, -0.2) is 46.9 Å². The number of rotatable bonds is 6. The minimum atomic E-state index is -4.63. The number of pyridine rings is 1. The summed E-state index contributed by atoms with van der Waals surface area (Å²) in [4.78, 5) is 17.3. The van der Waals surface area contributed by atoms with Gasteiger partial charge < -0.3 is 26.1 Å². The Hall–Kier alpha value is -2.78. The van der Waals surface area contributed by atoms with Crippen molar-refractivity contribution in [2.75, 3.05) is 18.9 Å². The number of fused-ring (bicyclic) bond motifs is 1. The van der Waals surface area contributed by atoms with Gasteiger partial charge in [0.15, 0.2) is 0 Å². The fourth-order valence-electron chi connectivity index (χ4n) is 4.92. The van der Waals surface area contributed by atoms with Crippen molar-refractivity contribution < 1.29 is 22.7 Å². The van der Waals surface area contributed by atoms with E-state index >= 15 is 0 Å². The molecular weight excluding hydrogens is 411 g/mol. The molecule has 1 aliphatic heterocycles. The molecule has 1 aromatic rings. The Morgan fingerprint density at radius 1 is 1.39 bits per heavy atom. The first-order chi connectivity index (χ1) is 14.6. The fourth-order valence-corrected chi connectivity index (χ4v) is 4.92. The third kappa shape index (κ3) is 4.20. The van der Waals surface area contributed by atoms with Crippen molar-refractivity contribution in [2.45, 2.75) is 44.9 Å². The number of nitrogens with zero attached hydrogens (tertiary/aromatic N) is 2. The number of allylic oxidation sites excluding steroid dienone is 2. The van der Waals surface area contributed by atoms with E-state index in [9.17, 15) is 18.0 Å². The van der Waals surface area contributed by atoms with E-state index in [0.717, 1.165) is 24.6 Å². The summed E-state index contributed by atoms with van der Waals surface area (Å²) in [5, 5.41) is 11.7. The first-order valence-corrected chi connectivity index (χ1v) is 10.4. The first-order valence-electron chi connectivity index (χ1n) is 10.4.